The lowest BCUT2D eigenvalue weighted by atomic mass is 9.79. The van der Waals surface area contributed by atoms with Gasteiger partial charge in [0.2, 0.25) is 0 Å². The highest BCUT2D eigenvalue weighted by Gasteiger charge is 2.28. The molecule has 142 valence electrons. The van der Waals surface area contributed by atoms with Crippen molar-refractivity contribution in [3.8, 4) is 11.1 Å². The van der Waals surface area contributed by atoms with Crippen LogP contribution in [-0.4, -0.2) is 32.7 Å². The third kappa shape index (κ3) is 2.69. The predicted molar refractivity (Wildman–Crippen MR) is 111 cm³/mol. The number of nitrogens with one attached hydrogen (secondary N) is 1. The average molecular weight is 384 g/mol. The molecule has 0 spiro atoms. The van der Waals surface area contributed by atoms with Gasteiger partial charge in [0, 0.05) is 28.6 Å². The van der Waals surface area contributed by atoms with E-state index in [4.69, 9.17) is 5.73 Å². The number of hydrogen-bond acceptors (Lipinski definition) is 5. The van der Waals surface area contributed by atoms with Crippen LogP contribution in [0.2, 0.25) is 0 Å². The van der Waals surface area contributed by atoms with Crippen LogP contribution in [0.25, 0.3) is 16.6 Å². The molecule has 2 aromatic heterocycles. The van der Waals surface area contributed by atoms with Crippen LogP contribution in [-0.2, 0) is 0 Å². The van der Waals surface area contributed by atoms with Crippen molar-refractivity contribution in [2.75, 3.05) is 5.32 Å². The molecule has 29 heavy (non-hydrogen) atoms. The molecule has 1 atom stereocenters. The van der Waals surface area contributed by atoms with Gasteiger partial charge < -0.3 is 21.1 Å². The van der Waals surface area contributed by atoms with E-state index in [1.54, 1.807) is 16.6 Å². The Labute approximate surface area is 166 Å². The summed E-state index contributed by atoms with van der Waals surface area (Å²) in [5, 5.41) is 26.7. The highest BCUT2D eigenvalue weighted by atomic mass is 16.4. The van der Waals surface area contributed by atoms with Crippen LogP contribution in [0, 0.1) is 0 Å². The molecule has 0 radical (unpaired) electrons. The van der Waals surface area contributed by atoms with Crippen LogP contribution in [0.5, 0.6) is 0 Å². The van der Waals surface area contributed by atoms with Crippen LogP contribution >= 0.6 is 0 Å². The molecule has 0 aliphatic carbocycles. The molecule has 8 heteroatoms. The molecular formula is C21H17BN4O3. The lowest BCUT2D eigenvalue weighted by molar-refractivity contribution is 0.100. The number of hydrogen-bond donors (Lipinski definition) is 4. The molecule has 1 unspecified atom stereocenters. The summed E-state index contributed by atoms with van der Waals surface area (Å²) in [5.41, 5.74) is 11.7. The number of primary amides is 1. The van der Waals surface area contributed by atoms with Gasteiger partial charge in [0.15, 0.2) is 0 Å². The van der Waals surface area contributed by atoms with Crippen LogP contribution in [0.3, 0.4) is 0 Å². The third-order valence-corrected chi connectivity index (χ3v) is 5.36. The predicted octanol–water partition coefficient (Wildman–Crippen LogP) is 1.29. The average Bonchev–Trinajstić information content (AvgIpc) is 3.09. The number of nitrogens with zero attached hydrogens (tertiary/aromatic N) is 2. The van der Waals surface area contributed by atoms with Crippen molar-refractivity contribution in [3.05, 3.63) is 83.7 Å². The third-order valence-electron chi connectivity index (χ3n) is 5.36. The number of nitrogens with two attached hydrogens (primary N) is 1. The van der Waals surface area contributed by atoms with E-state index in [1.165, 1.54) is 6.20 Å². The summed E-state index contributed by atoms with van der Waals surface area (Å²) >= 11 is 0. The molecule has 5 rings (SSSR count). The van der Waals surface area contributed by atoms with Crippen LogP contribution in [0.1, 0.15) is 27.5 Å². The van der Waals surface area contributed by atoms with E-state index >= 15 is 0 Å². The molecule has 1 aliphatic heterocycles. The Hall–Kier alpha value is -3.62. The number of amides is 1. The first-order chi connectivity index (χ1) is 14.0. The topological polar surface area (TPSA) is 113 Å². The minimum Gasteiger partial charge on any atom is -0.423 e. The van der Waals surface area contributed by atoms with Gasteiger partial charge in [-0.3, -0.25) is 4.79 Å². The van der Waals surface area contributed by atoms with Crippen molar-refractivity contribution in [1.82, 2.24) is 9.61 Å². The highest BCUT2D eigenvalue weighted by molar-refractivity contribution is 6.58. The van der Waals surface area contributed by atoms with Crippen molar-refractivity contribution < 1.29 is 14.8 Å². The van der Waals surface area contributed by atoms with E-state index in [0.29, 0.717) is 11.0 Å². The number of anilines is 1. The zero-order chi connectivity index (χ0) is 20.1. The molecular weight excluding hydrogens is 367 g/mol. The van der Waals surface area contributed by atoms with Gasteiger partial charge in [0.25, 0.3) is 5.91 Å². The van der Waals surface area contributed by atoms with Gasteiger partial charge in [-0.15, -0.1) is 0 Å². The maximum absolute atomic E-state index is 12.2. The zero-order valence-corrected chi connectivity index (χ0v) is 15.3. The Morgan fingerprint density at radius 2 is 1.86 bits per heavy atom. The van der Waals surface area contributed by atoms with E-state index in [2.05, 4.69) is 10.4 Å². The summed E-state index contributed by atoms with van der Waals surface area (Å²) in [6.07, 6.45) is 3.36. The first-order valence-corrected chi connectivity index (χ1v) is 9.16. The summed E-state index contributed by atoms with van der Waals surface area (Å²) in [5.74, 6) is -0.531. The van der Waals surface area contributed by atoms with Gasteiger partial charge in [-0.1, -0.05) is 42.5 Å². The zero-order valence-electron chi connectivity index (χ0n) is 15.3. The van der Waals surface area contributed by atoms with E-state index < -0.39 is 13.0 Å². The van der Waals surface area contributed by atoms with Crippen molar-refractivity contribution in [2.24, 2.45) is 5.73 Å². The monoisotopic (exact) mass is 384 g/mol. The largest absolute Gasteiger partial charge is 0.488 e. The van der Waals surface area contributed by atoms with E-state index in [-0.39, 0.29) is 6.04 Å². The number of carbonyl (C=O) groups is 1. The van der Waals surface area contributed by atoms with Crippen molar-refractivity contribution >= 4 is 29.7 Å². The molecule has 1 amide bonds. The smallest absolute Gasteiger partial charge is 0.423 e. The molecule has 2 aromatic carbocycles. The van der Waals surface area contributed by atoms with Gasteiger partial charge in [-0.25, -0.2) is 4.52 Å². The number of carbonyl (C=O) groups excluding carboxylic acids is 1. The number of aromatic nitrogens is 2. The van der Waals surface area contributed by atoms with Crippen LogP contribution < -0.4 is 16.5 Å². The summed E-state index contributed by atoms with van der Waals surface area (Å²) in [6.45, 7) is 0. The molecule has 0 fully saturated rings. The Bertz CT molecular complexity index is 1250. The van der Waals surface area contributed by atoms with Crippen LogP contribution in [0.15, 0.2) is 67.0 Å². The quantitative estimate of drug-likeness (QED) is 0.398. The second-order valence-corrected chi connectivity index (χ2v) is 7.03. The first kappa shape index (κ1) is 17.5. The Kier molecular flexibility index (Phi) is 3.90. The fraction of sp³-hybridized carbons (Fsp3) is 0.0476. The number of benzene rings is 2. The Balaban J connectivity index is 1.80. The second kappa shape index (κ2) is 6.47. The summed E-state index contributed by atoms with van der Waals surface area (Å²) in [4.78, 5) is 12.2. The lowest BCUT2D eigenvalue weighted by Gasteiger charge is -2.20. The molecule has 1 aliphatic rings. The minimum atomic E-state index is -1.52. The second-order valence-electron chi connectivity index (χ2n) is 7.03. The normalized spacial score (nSPS) is 14.8. The Morgan fingerprint density at radius 3 is 2.59 bits per heavy atom. The molecule has 0 saturated heterocycles. The summed E-state index contributed by atoms with van der Waals surface area (Å²) < 4.78 is 1.75. The van der Waals surface area contributed by atoms with Crippen molar-refractivity contribution in [2.45, 2.75) is 6.04 Å². The molecule has 3 heterocycles. The molecule has 0 saturated carbocycles. The number of fused-ring (bicyclic) bond motifs is 2. The lowest BCUT2D eigenvalue weighted by Crippen LogP contribution is -2.29. The first-order valence-electron chi connectivity index (χ1n) is 9.16. The van der Waals surface area contributed by atoms with E-state index in [1.807, 2.05) is 48.7 Å². The molecule has 0 bridgehead atoms. The fourth-order valence-electron chi connectivity index (χ4n) is 3.98. The van der Waals surface area contributed by atoms with Crippen LogP contribution in [0.4, 0.5) is 5.69 Å². The maximum Gasteiger partial charge on any atom is 0.488 e. The maximum atomic E-state index is 12.2. The number of rotatable bonds is 3. The van der Waals surface area contributed by atoms with E-state index in [0.717, 1.165) is 33.5 Å². The molecule has 7 nitrogen and oxygen atoms in total. The molecule has 5 N–H and O–H groups in total. The van der Waals surface area contributed by atoms with Gasteiger partial charge in [0.05, 0.1) is 23.3 Å². The standard InChI is InChI=1S/C21H17BN4O3/c23-21(27)16-11-24-26-10-9-15-19(12-5-7-13(8-6-12)22(28)29)25-17-4-2-1-3-14(17)18(16)20(15)26/h1-11,19,25,28-29H,(H2,23,27). The van der Waals surface area contributed by atoms with Crippen molar-refractivity contribution in [1.29, 1.82) is 0 Å². The Morgan fingerprint density at radius 1 is 1.10 bits per heavy atom. The van der Waals surface area contributed by atoms with Gasteiger partial charge >= 0.3 is 7.12 Å². The van der Waals surface area contributed by atoms with Gasteiger partial charge in [0.1, 0.15) is 0 Å². The SMILES string of the molecule is NC(=O)c1cnn2ccc3c2c1-c1ccccc1NC3c1ccc(B(O)O)cc1. The minimum absolute atomic E-state index is 0.225. The van der Waals surface area contributed by atoms with E-state index in [9.17, 15) is 14.8 Å². The van der Waals surface area contributed by atoms with Crippen molar-refractivity contribution in [3.63, 3.8) is 0 Å². The molecule has 4 aromatic rings. The fourth-order valence-corrected chi connectivity index (χ4v) is 3.98. The van der Waals surface area contributed by atoms with Gasteiger partial charge in [-0.2, -0.15) is 5.10 Å². The van der Waals surface area contributed by atoms with Gasteiger partial charge in [-0.05, 0) is 23.2 Å². The highest BCUT2D eigenvalue weighted by Crippen LogP contribution is 2.43. The number of para-hydroxylation sites is 1. The summed E-state index contributed by atoms with van der Waals surface area (Å²) in [7, 11) is -1.52. The summed E-state index contributed by atoms with van der Waals surface area (Å²) in [6, 6.07) is 16.6.